The van der Waals surface area contributed by atoms with Gasteiger partial charge in [0.25, 0.3) is 5.91 Å². The van der Waals surface area contributed by atoms with Gasteiger partial charge in [0.1, 0.15) is 11.6 Å². The van der Waals surface area contributed by atoms with E-state index in [4.69, 9.17) is 4.74 Å². The van der Waals surface area contributed by atoms with Crippen molar-refractivity contribution in [1.82, 2.24) is 10.3 Å². The summed E-state index contributed by atoms with van der Waals surface area (Å²) in [7, 11) is 1.67. The molecule has 1 aliphatic rings. The highest BCUT2D eigenvalue weighted by molar-refractivity contribution is 5.94. The first-order valence-corrected chi connectivity index (χ1v) is 7.88. The lowest BCUT2D eigenvalue weighted by atomic mass is 10.1. The molecule has 0 saturated heterocycles. The van der Waals surface area contributed by atoms with Crippen molar-refractivity contribution in [2.24, 2.45) is 0 Å². The molecular formula is C18H21N3O2. The smallest absolute Gasteiger partial charge is 0.253 e. The maximum absolute atomic E-state index is 11.9. The summed E-state index contributed by atoms with van der Waals surface area (Å²) in [4.78, 5) is 16.2. The van der Waals surface area contributed by atoms with E-state index in [9.17, 15) is 4.79 Å². The molecule has 2 aromatic rings. The number of carbonyl (C=O) groups is 1. The van der Waals surface area contributed by atoms with Crippen molar-refractivity contribution in [1.29, 1.82) is 0 Å². The minimum Gasteiger partial charge on any atom is -0.497 e. The fourth-order valence-corrected chi connectivity index (χ4v) is 2.29. The van der Waals surface area contributed by atoms with Gasteiger partial charge in [-0.1, -0.05) is 12.1 Å². The summed E-state index contributed by atoms with van der Waals surface area (Å²) in [5, 5.41) is 6.22. The van der Waals surface area contributed by atoms with Gasteiger partial charge in [-0.2, -0.15) is 0 Å². The molecule has 120 valence electrons. The zero-order valence-electron chi connectivity index (χ0n) is 13.2. The third-order valence-electron chi connectivity index (χ3n) is 3.79. The Bertz CT molecular complexity index is 666. The molecule has 5 heteroatoms. The average Bonchev–Trinajstić information content (AvgIpc) is 3.39. The van der Waals surface area contributed by atoms with Crippen molar-refractivity contribution in [2.75, 3.05) is 19.0 Å². The lowest BCUT2D eigenvalue weighted by Gasteiger charge is -2.08. The first kappa shape index (κ1) is 15.3. The highest BCUT2D eigenvalue weighted by Crippen LogP contribution is 2.19. The van der Waals surface area contributed by atoms with E-state index in [0.29, 0.717) is 11.6 Å². The molecule has 0 atom stereocenters. The molecule has 1 aromatic heterocycles. The molecule has 0 aliphatic heterocycles. The molecule has 0 unspecified atom stereocenters. The van der Waals surface area contributed by atoms with E-state index in [1.807, 2.05) is 24.3 Å². The fourth-order valence-electron chi connectivity index (χ4n) is 2.29. The number of carbonyl (C=O) groups excluding carboxylic acids is 1. The highest BCUT2D eigenvalue weighted by Gasteiger charge is 2.23. The molecule has 1 saturated carbocycles. The zero-order valence-corrected chi connectivity index (χ0v) is 13.2. The van der Waals surface area contributed by atoms with E-state index in [0.717, 1.165) is 37.4 Å². The SMILES string of the molecule is COc1cccc(CCNc2ccc(C(=O)NC3CC3)cn2)c1. The largest absolute Gasteiger partial charge is 0.497 e. The van der Waals surface area contributed by atoms with Crippen molar-refractivity contribution in [3.63, 3.8) is 0 Å². The van der Waals surface area contributed by atoms with Crippen molar-refractivity contribution in [2.45, 2.75) is 25.3 Å². The Morgan fingerprint density at radius 1 is 1.30 bits per heavy atom. The summed E-state index contributed by atoms with van der Waals surface area (Å²) in [5.74, 6) is 1.60. The Balaban J connectivity index is 1.49. The minimum absolute atomic E-state index is 0.0390. The maximum Gasteiger partial charge on any atom is 0.253 e. The van der Waals surface area contributed by atoms with Gasteiger partial charge >= 0.3 is 0 Å². The van der Waals surface area contributed by atoms with Gasteiger partial charge in [0.05, 0.1) is 12.7 Å². The molecule has 0 bridgehead atoms. The predicted molar refractivity (Wildman–Crippen MR) is 89.9 cm³/mol. The number of nitrogens with one attached hydrogen (secondary N) is 2. The van der Waals surface area contributed by atoms with Gasteiger partial charge in [-0.15, -0.1) is 0 Å². The van der Waals surface area contributed by atoms with Gasteiger partial charge in [-0.25, -0.2) is 4.98 Å². The highest BCUT2D eigenvalue weighted by atomic mass is 16.5. The number of pyridine rings is 1. The molecule has 1 amide bonds. The van der Waals surface area contributed by atoms with Gasteiger partial charge in [0.15, 0.2) is 0 Å². The second-order valence-corrected chi connectivity index (χ2v) is 5.71. The Morgan fingerprint density at radius 2 is 2.17 bits per heavy atom. The first-order chi connectivity index (χ1) is 11.2. The molecular weight excluding hydrogens is 290 g/mol. The number of aromatic nitrogens is 1. The predicted octanol–water partition coefficient (Wildman–Crippen LogP) is 2.64. The van der Waals surface area contributed by atoms with E-state index in [-0.39, 0.29) is 5.91 Å². The van der Waals surface area contributed by atoms with Crippen LogP contribution in [0.25, 0.3) is 0 Å². The average molecular weight is 311 g/mol. The van der Waals surface area contributed by atoms with E-state index in [1.165, 1.54) is 5.56 Å². The second kappa shape index (κ2) is 7.13. The third kappa shape index (κ3) is 4.45. The molecule has 1 heterocycles. The lowest BCUT2D eigenvalue weighted by Crippen LogP contribution is -2.25. The molecule has 1 aromatic carbocycles. The van der Waals surface area contributed by atoms with E-state index in [1.54, 1.807) is 19.4 Å². The summed E-state index contributed by atoms with van der Waals surface area (Å²) in [6.07, 6.45) is 4.67. The molecule has 1 fully saturated rings. The summed E-state index contributed by atoms with van der Waals surface area (Å²) < 4.78 is 5.22. The molecule has 2 N–H and O–H groups in total. The first-order valence-electron chi connectivity index (χ1n) is 7.88. The summed E-state index contributed by atoms with van der Waals surface area (Å²) in [5.41, 5.74) is 1.81. The lowest BCUT2D eigenvalue weighted by molar-refractivity contribution is 0.0951. The molecule has 23 heavy (non-hydrogen) atoms. The number of rotatable bonds is 7. The normalized spacial score (nSPS) is 13.4. The number of ether oxygens (including phenoxy) is 1. The molecule has 1 aliphatic carbocycles. The Kier molecular flexibility index (Phi) is 4.76. The number of anilines is 1. The third-order valence-corrected chi connectivity index (χ3v) is 3.79. The van der Waals surface area contributed by atoms with Crippen molar-refractivity contribution >= 4 is 11.7 Å². The van der Waals surface area contributed by atoms with Gasteiger partial charge in [0, 0.05) is 18.8 Å². The van der Waals surface area contributed by atoms with Crippen LogP contribution in [0.1, 0.15) is 28.8 Å². The number of benzene rings is 1. The van der Waals surface area contributed by atoms with Crippen molar-refractivity contribution in [3.05, 3.63) is 53.7 Å². The number of nitrogens with zero attached hydrogens (tertiary/aromatic N) is 1. The van der Waals surface area contributed by atoms with Crippen LogP contribution in [0.5, 0.6) is 5.75 Å². The van der Waals surface area contributed by atoms with Gasteiger partial charge in [-0.05, 0) is 49.1 Å². The monoisotopic (exact) mass is 311 g/mol. The van der Waals surface area contributed by atoms with Crippen LogP contribution >= 0.6 is 0 Å². The van der Waals surface area contributed by atoms with Crippen LogP contribution in [0, 0.1) is 0 Å². The van der Waals surface area contributed by atoms with Crippen LogP contribution in [0.4, 0.5) is 5.82 Å². The Hall–Kier alpha value is -2.56. The van der Waals surface area contributed by atoms with Crippen LogP contribution in [-0.4, -0.2) is 30.6 Å². The number of amides is 1. The van der Waals surface area contributed by atoms with Gasteiger partial charge in [-0.3, -0.25) is 4.79 Å². The second-order valence-electron chi connectivity index (χ2n) is 5.71. The van der Waals surface area contributed by atoms with Crippen LogP contribution in [-0.2, 0) is 6.42 Å². The minimum atomic E-state index is -0.0390. The zero-order chi connectivity index (χ0) is 16.1. The molecule has 5 nitrogen and oxygen atoms in total. The van der Waals surface area contributed by atoms with Crippen molar-refractivity contribution in [3.8, 4) is 5.75 Å². The quantitative estimate of drug-likeness (QED) is 0.825. The maximum atomic E-state index is 11.9. The topological polar surface area (TPSA) is 63.2 Å². The Labute approximate surface area is 136 Å². The summed E-state index contributed by atoms with van der Waals surface area (Å²) in [6.45, 7) is 0.772. The van der Waals surface area contributed by atoms with E-state index in [2.05, 4.69) is 21.7 Å². The van der Waals surface area contributed by atoms with Crippen LogP contribution in [0.15, 0.2) is 42.6 Å². The summed E-state index contributed by atoms with van der Waals surface area (Å²) >= 11 is 0. The van der Waals surface area contributed by atoms with Gasteiger partial charge < -0.3 is 15.4 Å². The van der Waals surface area contributed by atoms with Gasteiger partial charge in [0.2, 0.25) is 0 Å². The molecule has 0 radical (unpaired) electrons. The van der Waals surface area contributed by atoms with Crippen molar-refractivity contribution < 1.29 is 9.53 Å². The molecule has 3 rings (SSSR count). The molecule has 0 spiro atoms. The van der Waals surface area contributed by atoms with Crippen LogP contribution < -0.4 is 15.4 Å². The number of hydrogen-bond acceptors (Lipinski definition) is 4. The van der Waals surface area contributed by atoms with E-state index < -0.39 is 0 Å². The number of methoxy groups -OCH3 is 1. The fraction of sp³-hybridized carbons (Fsp3) is 0.333. The van der Waals surface area contributed by atoms with Crippen LogP contribution in [0.3, 0.4) is 0 Å². The summed E-state index contributed by atoms with van der Waals surface area (Å²) in [6, 6.07) is 12.0. The standard InChI is InChI=1S/C18H21N3O2/c1-23-16-4-2-3-13(11-16)9-10-19-17-8-5-14(12-20-17)18(22)21-15-6-7-15/h2-5,8,11-12,15H,6-7,9-10H2,1H3,(H,19,20)(H,21,22). The van der Waals surface area contributed by atoms with Crippen LogP contribution in [0.2, 0.25) is 0 Å². The Morgan fingerprint density at radius 3 is 2.87 bits per heavy atom. The van der Waals surface area contributed by atoms with E-state index >= 15 is 0 Å². The number of hydrogen-bond donors (Lipinski definition) is 2.